The molecule has 0 unspecified atom stereocenters. The molecule has 0 spiro atoms. The Balaban J connectivity index is 2.31. The smallest absolute Gasteiger partial charge is 0.261 e. The molecule has 0 aliphatic rings. The molecule has 2 aromatic carbocycles. The van der Waals surface area contributed by atoms with Crippen LogP contribution in [0.2, 0.25) is 0 Å². The Bertz CT molecular complexity index is 989. The van der Waals surface area contributed by atoms with E-state index in [4.69, 9.17) is 24.9 Å². The summed E-state index contributed by atoms with van der Waals surface area (Å²) in [6.07, 6.45) is 0.664. The van der Waals surface area contributed by atoms with Gasteiger partial charge in [0.2, 0.25) is 5.75 Å². The summed E-state index contributed by atoms with van der Waals surface area (Å²) >= 11 is 0. The largest absolute Gasteiger partial charge is 0.493 e. The van der Waals surface area contributed by atoms with Gasteiger partial charge in [0.05, 0.1) is 32.2 Å². The Morgan fingerprint density at radius 3 is 2.30 bits per heavy atom. The molecule has 2 N–H and O–H groups in total. The fourth-order valence-electron chi connectivity index (χ4n) is 3.06. The Kier molecular flexibility index (Phi) is 5.61. The third kappa shape index (κ3) is 3.46. The predicted octanol–water partition coefficient (Wildman–Crippen LogP) is 2.44. The lowest BCUT2D eigenvalue weighted by Gasteiger charge is -2.17. The van der Waals surface area contributed by atoms with E-state index in [1.54, 1.807) is 44.1 Å². The summed E-state index contributed by atoms with van der Waals surface area (Å²) in [5, 5.41) is 0.575. The van der Waals surface area contributed by atoms with Crippen molar-refractivity contribution in [2.75, 3.05) is 27.9 Å². The molecule has 1 heterocycles. The molecule has 0 fully saturated rings. The van der Waals surface area contributed by atoms with Crippen LogP contribution in [0.3, 0.4) is 0 Å². The summed E-state index contributed by atoms with van der Waals surface area (Å²) in [5.41, 5.74) is 6.90. The lowest BCUT2D eigenvalue weighted by atomic mass is 10.1. The van der Waals surface area contributed by atoms with Gasteiger partial charge in [-0.15, -0.1) is 0 Å². The Hall–Kier alpha value is -3.06. The molecule has 1 aromatic heterocycles. The van der Waals surface area contributed by atoms with Gasteiger partial charge in [0.25, 0.3) is 5.56 Å². The van der Waals surface area contributed by atoms with Gasteiger partial charge >= 0.3 is 0 Å². The quantitative estimate of drug-likeness (QED) is 0.688. The number of aromatic nitrogens is 2. The van der Waals surface area contributed by atoms with Crippen LogP contribution in [0.5, 0.6) is 17.2 Å². The highest BCUT2D eigenvalue weighted by atomic mass is 16.5. The number of nitrogens with two attached hydrogens (primary N) is 1. The number of ether oxygens (including phenoxy) is 3. The number of nitrogens with zero attached hydrogens (tertiary/aromatic N) is 2. The minimum atomic E-state index is -0.0993. The van der Waals surface area contributed by atoms with Crippen LogP contribution in [-0.4, -0.2) is 37.4 Å². The first-order valence-electron chi connectivity index (χ1n) is 8.64. The second-order valence-corrected chi connectivity index (χ2v) is 5.97. The maximum atomic E-state index is 13.1. The maximum absolute atomic E-state index is 13.1. The number of benzene rings is 2. The average molecular weight is 369 g/mol. The predicted molar refractivity (Wildman–Crippen MR) is 105 cm³/mol. The molecule has 0 saturated carbocycles. The molecule has 0 aliphatic heterocycles. The van der Waals surface area contributed by atoms with E-state index in [1.807, 2.05) is 18.2 Å². The van der Waals surface area contributed by atoms with E-state index in [1.165, 1.54) is 0 Å². The SMILES string of the molecule is COc1cc(-c2nc3ccccc3c(=O)n2CCCN)cc(OC)c1OC. The summed E-state index contributed by atoms with van der Waals surface area (Å²) in [4.78, 5) is 17.8. The first kappa shape index (κ1) is 18.7. The van der Waals surface area contributed by atoms with Gasteiger partial charge < -0.3 is 19.9 Å². The van der Waals surface area contributed by atoms with Crippen LogP contribution in [0, 0.1) is 0 Å². The van der Waals surface area contributed by atoms with Gasteiger partial charge in [-0.05, 0) is 37.2 Å². The highest BCUT2D eigenvalue weighted by Crippen LogP contribution is 2.40. The molecular formula is C20H23N3O4. The van der Waals surface area contributed by atoms with Crippen LogP contribution in [0.15, 0.2) is 41.2 Å². The van der Waals surface area contributed by atoms with E-state index in [-0.39, 0.29) is 5.56 Å². The number of hydrogen-bond donors (Lipinski definition) is 1. The molecule has 142 valence electrons. The Labute approximate surface area is 157 Å². The van der Waals surface area contributed by atoms with Crippen LogP contribution < -0.4 is 25.5 Å². The second-order valence-electron chi connectivity index (χ2n) is 5.97. The zero-order valence-corrected chi connectivity index (χ0v) is 15.7. The summed E-state index contributed by atoms with van der Waals surface area (Å²) in [6.45, 7) is 0.952. The van der Waals surface area contributed by atoms with Gasteiger partial charge in [0.15, 0.2) is 11.5 Å². The van der Waals surface area contributed by atoms with Crippen molar-refractivity contribution >= 4 is 10.9 Å². The van der Waals surface area contributed by atoms with Crippen LogP contribution in [0.25, 0.3) is 22.3 Å². The average Bonchev–Trinajstić information content (AvgIpc) is 2.71. The fraction of sp³-hybridized carbons (Fsp3) is 0.300. The molecule has 0 aliphatic carbocycles. The van der Waals surface area contributed by atoms with E-state index in [9.17, 15) is 4.79 Å². The molecule has 0 amide bonds. The van der Waals surface area contributed by atoms with Crippen molar-refractivity contribution in [3.8, 4) is 28.6 Å². The standard InChI is InChI=1S/C20H23N3O4/c1-25-16-11-13(12-17(26-2)18(16)27-3)19-22-15-8-5-4-7-14(15)20(24)23(19)10-6-9-21/h4-5,7-8,11-12H,6,9-10,21H2,1-3H3. The molecule has 27 heavy (non-hydrogen) atoms. The van der Waals surface area contributed by atoms with Gasteiger partial charge in [-0.2, -0.15) is 0 Å². The van der Waals surface area contributed by atoms with Gasteiger partial charge in [-0.1, -0.05) is 12.1 Å². The van der Waals surface area contributed by atoms with Gasteiger partial charge in [0, 0.05) is 12.1 Å². The molecule has 0 saturated heterocycles. The molecule has 0 radical (unpaired) electrons. The number of methoxy groups -OCH3 is 3. The third-order valence-electron chi connectivity index (χ3n) is 4.37. The highest BCUT2D eigenvalue weighted by molar-refractivity contribution is 5.80. The van der Waals surface area contributed by atoms with Crippen LogP contribution >= 0.6 is 0 Å². The molecule has 7 nitrogen and oxygen atoms in total. The normalized spacial score (nSPS) is 10.8. The van der Waals surface area contributed by atoms with Crippen LogP contribution in [0.1, 0.15) is 6.42 Å². The van der Waals surface area contributed by atoms with Gasteiger partial charge in [-0.3, -0.25) is 9.36 Å². The van der Waals surface area contributed by atoms with Crippen LogP contribution in [-0.2, 0) is 6.54 Å². The van der Waals surface area contributed by atoms with Crippen LogP contribution in [0.4, 0.5) is 0 Å². The summed E-state index contributed by atoms with van der Waals surface area (Å²) in [6, 6.07) is 10.9. The Morgan fingerprint density at radius 1 is 1.04 bits per heavy atom. The van der Waals surface area contributed by atoms with E-state index in [0.29, 0.717) is 59.0 Å². The lowest BCUT2D eigenvalue weighted by Crippen LogP contribution is -2.24. The molecule has 3 rings (SSSR count). The summed E-state index contributed by atoms with van der Waals surface area (Å²) < 4.78 is 17.9. The van der Waals surface area contributed by atoms with E-state index in [2.05, 4.69) is 0 Å². The zero-order chi connectivity index (χ0) is 19.4. The first-order chi connectivity index (χ1) is 13.1. The lowest BCUT2D eigenvalue weighted by molar-refractivity contribution is 0.324. The number of fused-ring (bicyclic) bond motifs is 1. The first-order valence-corrected chi connectivity index (χ1v) is 8.64. The van der Waals surface area contributed by atoms with Crippen molar-refractivity contribution in [1.82, 2.24) is 9.55 Å². The van der Waals surface area contributed by atoms with E-state index < -0.39 is 0 Å². The monoisotopic (exact) mass is 369 g/mol. The highest BCUT2D eigenvalue weighted by Gasteiger charge is 2.18. The van der Waals surface area contributed by atoms with Crippen molar-refractivity contribution in [3.63, 3.8) is 0 Å². The number of para-hydroxylation sites is 1. The fourth-order valence-corrected chi connectivity index (χ4v) is 3.06. The molecule has 3 aromatic rings. The maximum Gasteiger partial charge on any atom is 0.261 e. The van der Waals surface area contributed by atoms with Crippen molar-refractivity contribution < 1.29 is 14.2 Å². The van der Waals surface area contributed by atoms with Crippen molar-refractivity contribution in [3.05, 3.63) is 46.8 Å². The third-order valence-corrected chi connectivity index (χ3v) is 4.37. The molecule has 0 atom stereocenters. The minimum Gasteiger partial charge on any atom is -0.493 e. The second kappa shape index (κ2) is 8.09. The molecule has 7 heteroatoms. The zero-order valence-electron chi connectivity index (χ0n) is 15.7. The van der Waals surface area contributed by atoms with E-state index >= 15 is 0 Å². The van der Waals surface area contributed by atoms with Crippen molar-refractivity contribution in [2.24, 2.45) is 5.73 Å². The van der Waals surface area contributed by atoms with Crippen molar-refractivity contribution in [1.29, 1.82) is 0 Å². The summed E-state index contributed by atoms with van der Waals surface area (Å²) in [5.74, 6) is 2.02. The number of hydrogen-bond acceptors (Lipinski definition) is 6. The van der Waals surface area contributed by atoms with Gasteiger partial charge in [-0.25, -0.2) is 4.98 Å². The topological polar surface area (TPSA) is 88.6 Å². The van der Waals surface area contributed by atoms with Crippen molar-refractivity contribution in [2.45, 2.75) is 13.0 Å². The van der Waals surface area contributed by atoms with Gasteiger partial charge in [0.1, 0.15) is 5.82 Å². The Morgan fingerprint density at radius 2 is 1.70 bits per heavy atom. The number of rotatable bonds is 7. The minimum absolute atomic E-state index is 0.0993. The molecular weight excluding hydrogens is 346 g/mol. The molecule has 0 bridgehead atoms. The van der Waals surface area contributed by atoms with E-state index in [0.717, 1.165) is 0 Å². The summed E-state index contributed by atoms with van der Waals surface area (Å²) in [7, 11) is 4.65.